The number of hydrogen-bond donors (Lipinski definition) is 2. The molecule has 2 aromatic carbocycles. The highest BCUT2D eigenvalue weighted by molar-refractivity contribution is 9.13. The highest BCUT2D eigenvalue weighted by Crippen LogP contribution is 2.24. The van der Waals surface area contributed by atoms with Crippen LogP contribution in [0.15, 0.2) is 57.5 Å². The Bertz CT molecular complexity index is 722. The van der Waals surface area contributed by atoms with E-state index in [0.717, 1.165) is 20.1 Å². The lowest BCUT2D eigenvalue weighted by atomic mass is 10.1. The Labute approximate surface area is 156 Å². The number of halogens is 2. The van der Waals surface area contributed by atoms with Gasteiger partial charge in [0.15, 0.2) is 0 Å². The molecular weight excluding hydrogens is 442 g/mol. The molecule has 0 bridgehead atoms. The van der Waals surface area contributed by atoms with Crippen LogP contribution in [0.1, 0.15) is 11.1 Å². The summed E-state index contributed by atoms with van der Waals surface area (Å²) in [6.07, 6.45) is -0.607. The molecule has 0 aliphatic heterocycles. The van der Waals surface area contributed by atoms with E-state index in [1.54, 1.807) is 12.1 Å². The van der Waals surface area contributed by atoms with Gasteiger partial charge in [0.05, 0.1) is 0 Å². The Kier molecular flexibility index (Phi) is 6.81. The number of nitrogens with one attached hydrogen (secondary N) is 1. The minimum absolute atomic E-state index is 0.0862. The lowest BCUT2D eigenvalue weighted by molar-refractivity contribution is -0.139. The van der Waals surface area contributed by atoms with Crippen LogP contribution in [0, 0.1) is 0 Å². The number of carbonyl (C=O) groups is 2. The normalized spacial score (nSPS) is 11.6. The zero-order valence-corrected chi connectivity index (χ0v) is 15.7. The van der Waals surface area contributed by atoms with Crippen LogP contribution in [0.4, 0.5) is 4.79 Å². The third kappa shape index (κ3) is 5.65. The Morgan fingerprint density at radius 3 is 2.38 bits per heavy atom. The highest BCUT2D eigenvalue weighted by atomic mass is 79.9. The summed E-state index contributed by atoms with van der Waals surface area (Å²) in [4.78, 5) is 23.2. The number of carboxylic acids is 1. The van der Waals surface area contributed by atoms with Crippen molar-refractivity contribution in [2.75, 3.05) is 0 Å². The molecule has 1 unspecified atom stereocenters. The second-order valence-electron chi connectivity index (χ2n) is 5.05. The van der Waals surface area contributed by atoms with Gasteiger partial charge in [-0.1, -0.05) is 36.4 Å². The lowest BCUT2D eigenvalue weighted by Gasteiger charge is -2.15. The molecule has 0 fully saturated rings. The molecule has 1 atom stereocenters. The molecule has 2 rings (SSSR count). The quantitative estimate of drug-likeness (QED) is 0.685. The molecule has 0 heterocycles. The molecule has 1 amide bonds. The van der Waals surface area contributed by atoms with Crippen LogP contribution in [0.2, 0.25) is 0 Å². The molecule has 0 aliphatic rings. The number of aliphatic carboxylic acids is 1. The average molecular weight is 457 g/mol. The summed E-state index contributed by atoms with van der Waals surface area (Å²) in [5.41, 5.74) is 1.61. The van der Waals surface area contributed by atoms with E-state index in [9.17, 15) is 14.7 Å². The zero-order chi connectivity index (χ0) is 17.5. The van der Waals surface area contributed by atoms with E-state index >= 15 is 0 Å². The van der Waals surface area contributed by atoms with Gasteiger partial charge in [0, 0.05) is 15.4 Å². The fourth-order valence-corrected chi connectivity index (χ4v) is 2.68. The number of carboxylic acid groups (broad SMARTS) is 1. The smallest absolute Gasteiger partial charge is 0.408 e. The van der Waals surface area contributed by atoms with Gasteiger partial charge in [0.25, 0.3) is 0 Å². The van der Waals surface area contributed by atoms with E-state index < -0.39 is 18.1 Å². The highest BCUT2D eigenvalue weighted by Gasteiger charge is 2.21. The summed E-state index contributed by atoms with van der Waals surface area (Å²) in [6, 6.07) is 13.5. The number of alkyl carbamates (subject to hydrolysis) is 1. The van der Waals surface area contributed by atoms with Crippen LogP contribution in [-0.2, 0) is 22.6 Å². The van der Waals surface area contributed by atoms with Crippen LogP contribution in [0.5, 0.6) is 0 Å². The number of carbonyl (C=O) groups excluding carboxylic acids is 1. The van der Waals surface area contributed by atoms with Gasteiger partial charge < -0.3 is 15.2 Å². The first kappa shape index (κ1) is 18.5. The molecule has 0 aromatic heterocycles. The van der Waals surface area contributed by atoms with Crippen molar-refractivity contribution in [3.05, 3.63) is 68.6 Å². The lowest BCUT2D eigenvalue weighted by Crippen LogP contribution is -2.42. The van der Waals surface area contributed by atoms with Crippen molar-refractivity contribution < 1.29 is 19.4 Å². The Hall–Kier alpha value is -1.86. The predicted molar refractivity (Wildman–Crippen MR) is 96.7 cm³/mol. The number of hydrogen-bond acceptors (Lipinski definition) is 3. The summed E-state index contributed by atoms with van der Waals surface area (Å²) in [7, 11) is 0. The number of rotatable bonds is 6. The molecule has 126 valence electrons. The van der Waals surface area contributed by atoms with Crippen molar-refractivity contribution in [3.8, 4) is 0 Å². The van der Waals surface area contributed by atoms with Crippen molar-refractivity contribution in [1.82, 2.24) is 5.32 Å². The number of benzene rings is 2. The van der Waals surface area contributed by atoms with E-state index in [-0.39, 0.29) is 13.0 Å². The monoisotopic (exact) mass is 455 g/mol. The Morgan fingerprint density at radius 2 is 1.75 bits per heavy atom. The van der Waals surface area contributed by atoms with Crippen LogP contribution >= 0.6 is 31.9 Å². The molecule has 0 aliphatic carbocycles. The van der Waals surface area contributed by atoms with Crippen LogP contribution in [0.25, 0.3) is 0 Å². The number of ether oxygens (including phenoxy) is 1. The minimum Gasteiger partial charge on any atom is -0.480 e. The molecule has 7 heteroatoms. The van der Waals surface area contributed by atoms with Crippen molar-refractivity contribution in [3.63, 3.8) is 0 Å². The maximum absolute atomic E-state index is 11.8. The van der Waals surface area contributed by atoms with Crippen molar-refractivity contribution in [2.45, 2.75) is 19.1 Å². The fourth-order valence-electron chi connectivity index (χ4n) is 2.01. The molecule has 24 heavy (non-hydrogen) atoms. The maximum Gasteiger partial charge on any atom is 0.408 e. The molecule has 0 radical (unpaired) electrons. The van der Waals surface area contributed by atoms with E-state index in [2.05, 4.69) is 37.2 Å². The molecule has 0 spiro atoms. The summed E-state index contributed by atoms with van der Waals surface area (Å²) in [5.74, 6) is -1.12. The van der Waals surface area contributed by atoms with Gasteiger partial charge in [0.1, 0.15) is 12.6 Å². The van der Waals surface area contributed by atoms with Crippen molar-refractivity contribution >= 4 is 43.9 Å². The van der Waals surface area contributed by atoms with E-state index in [1.807, 2.05) is 36.4 Å². The van der Waals surface area contributed by atoms with Crippen LogP contribution < -0.4 is 5.32 Å². The molecule has 0 saturated heterocycles. The first-order chi connectivity index (χ1) is 11.5. The average Bonchev–Trinajstić information content (AvgIpc) is 2.56. The third-order valence-corrected chi connectivity index (χ3v) is 5.11. The zero-order valence-electron chi connectivity index (χ0n) is 12.5. The summed E-state index contributed by atoms with van der Waals surface area (Å²) >= 11 is 6.72. The molecule has 0 saturated carbocycles. The van der Waals surface area contributed by atoms with Gasteiger partial charge in [-0.25, -0.2) is 9.59 Å². The predicted octanol–water partition coefficient (Wildman–Crippen LogP) is 4.13. The van der Waals surface area contributed by atoms with Crippen molar-refractivity contribution in [1.29, 1.82) is 0 Å². The first-order valence-electron chi connectivity index (χ1n) is 7.09. The topological polar surface area (TPSA) is 75.6 Å². The van der Waals surface area contributed by atoms with Gasteiger partial charge in [-0.2, -0.15) is 0 Å². The fraction of sp³-hybridized carbons (Fsp3) is 0.176. The van der Waals surface area contributed by atoms with Gasteiger partial charge in [0.2, 0.25) is 0 Å². The third-order valence-electron chi connectivity index (χ3n) is 3.23. The summed E-state index contributed by atoms with van der Waals surface area (Å²) in [5, 5.41) is 11.7. The molecule has 5 nitrogen and oxygen atoms in total. The molecular formula is C17H15Br2NO4. The van der Waals surface area contributed by atoms with Crippen LogP contribution in [-0.4, -0.2) is 23.2 Å². The standard InChI is InChI=1S/C17H15Br2NO4/c18-13-7-6-12(8-14(13)19)9-15(16(21)22)20-17(23)24-10-11-4-2-1-3-5-11/h1-8,15H,9-10H2,(H,20,23)(H,21,22). The van der Waals surface area contributed by atoms with Gasteiger partial charge in [-0.3, -0.25) is 0 Å². The summed E-state index contributed by atoms with van der Waals surface area (Å²) < 4.78 is 6.74. The maximum atomic E-state index is 11.8. The minimum atomic E-state index is -1.12. The first-order valence-corrected chi connectivity index (χ1v) is 8.68. The van der Waals surface area contributed by atoms with Crippen molar-refractivity contribution in [2.24, 2.45) is 0 Å². The molecule has 2 aromatic rings. The Morgan fingerprint density at radius 1 is 1.04 bits per heavy atom. The van der Waals surface area contributed by atoms with E-state index in [0.29, 0.717) is 0 Å². The summed E-state index contributed by atoms with van der Waals surface area (Å²) in [6.45, 7) is 0.0862. The second kappa shape index (κ2) is 8.84. The largest absolute Gasteiger partial charge is 0.480 e. The van der Waals surface area contributed by atoms with Crippen LogP contribution in [0.3, 0.4) is 0 Å². The SMILES string of the molecule is O=C(NC(Cc1ccc(Br)c(Br)c1)C(=O)O)OCc1ccccc1. The number of amides is 1. The van der Waals surface area contributed by atoms with Gasteiger partial charge >= 0.3 is 12.1 Å². The van der Waals surface area contributed by atoms with Gasteiger partial charge in [-0.05, 0) is 55.1 Å². The molecule has 2 N–H and O–H groups in total. The van der Waals surface area contributed by atoms with Gasteiger partial charge in [-0.15, -0.1) is 0 Å². The van der Waals surface area contributed by atoms with E-state index in [1.165, 1.54) is 0 Å². The Balaban J connectivity index is 1.93. The second-order valence-corrected chi connectivity index (χ2v) is 6.76. The van der Waals surface area contributed by atoms with E-state index in [4.69, 9.17) is 4.74 Å².